The molecule has 0 heterocycles. The third kappa shape index (κ3) is 10.0. The first-order valence-electron chi connectivity index (χ1n) is 3.33. The van der Waals surface area contributed by atoms with Gasteiger partial charge in [0.1, 0.15) is 0 Å². The summed E-state index contributed by atoms with van der Waals surface area (Å²) in [5, 5.41) is 0. The van der Waals surface area contributed by atoms with Crippen molar-refractivity contribution < 1.29 is 28.3 Å². The van der Waals surface area contributed by atoms with E-state index >= 15 is 0 Å². The van der Waals surface area contributed by atoms with Gasteiger partial charge in [-0.3, -0.25) is 4.52 Å². The van der Waals surface area contributed by atoms with E-state index in [1.165, 1.54) is 7.11 Å². The Morgan fingerprint density at radius 2 is 1.75 bits per heavy atom. The van der Waals surface area contributed by atoms with Gasteiger partial charge in [-0.1, -0.05) is 0 Å². The summed E-state index contributed by atoms with van der Waals surface area (Å²) in [6.07, 6.45) is 0. The summed E-state index contributed by atoms with van der Waals surface area (Å²) in [5.74, 6) is 0. The fraction of sp³-hybridized carbons (Fsp3) is 1.00. The molecule has 0 radical (unpaired) electrons. The van der Waals surface area contributed by atoms with Gasteiger partial charge in [0, 0.05) is 7.11 Å². The van der Waals surface area contributed by atoms with Gasteiger partial charge in [-0.05, 0) is 0 Å². The summed E-state index contributed by atoms with van der Waals surface area (Å²) in [5.41, 5.74) is 0. The Morgan fingerprint density at radius 1 is 1.17 bits per heavy atom. The van der Waals surface area contributed by atoms with Crippen molar-refractivity contribution in [3.05, 3.63) is 0 Å². The molecule has 74 valence electrons. The van der Waals surface area contributed by atoms with Crippen LogP contribution in [0.2, 0.25) is 0 Å². The molecule has 12 heavy (non-hydrogen) atoms. The molecule has 0 aliphatic heterocycles. The van der Waals surface area contributed by atoms with Crippen molar-refractivity contribution in [2.45, 2.75) is 0 Å². The van der Waals surface area contributed by atoms with Crippen molar-refractivity contribution in [2.75, 3.05) is 33.5 Å². The van der Waals surface area contributed by atoms with Crippen LogP contribution in [-0.4, -0.2) is 43.3 Å². The molecular weight excluding hydrogens is 187 g/mol. The molecule has 0 bridgehead atoms. The minimum absolute atomic E-state index is 0.117. The highest BCUT2D eigenvalue weighted by molar-refractivity contribution is 7.46. The van der Waals surface area contributed by atoms with Gasteiger partial charge < -0.3 is 19.3 Å². The Balaban J connectivity index is 3.06. The Kier molecular flexibility index (Phi) is 6.55. The highest BCUT2D eigenvalue weighted by atomic mass is 31.2. The highest BCUT2D eigenvalue weighted by Gasteiger charge is 2.12. The van der Waals surface area contributed by atoms with Crippen molar-refractivity contribution in [3.63, 3.8) is 0 Å². The van der Waals surface area contributed by atoms with E-state index in [-0.39, 0.29) is 13.2 Å². The van der Waals surface area contributed by atoms with Crippen LogP contribution in [0.4, 0.5) is 0 Å². The average Bonchev–Trinajstić information content (AvgIpc) is 1.94. The van der Waals surface area contributed by atoms with Crippen LogP contribution in [0.5, 0.6) is 0 Å². The van der Waals surface area contributed by atoms with Crippen LogP contribution in [-0.2, 0) is 18.6 Å². The van der Waals surface area contributed by atoms with E-state index in [0.29, 0.717) is 13.2 Å². The molecule has 7 heteroatoms. The van der Waals surface area contributed by atoms with Crippen LogP contribution in [0.25, 0.3) is 0 Å². The summed E-state index contributed by atoms with van der Waals surface area (Å²) < 4.78 is 23.8. The van der Waals surface area contributed by atoms with E-state index in [1.807, 2.05) is 0 Å². The Labute approximate surface area is 70.7 Å². The van der Waals surface area contributed by atoms with E-state index in [9.17, 15) is 4.57 Å². The lowest BCUT2D eigenvalue weighted by Crippen LogP contribution is -2.07. The second-order valence-electron chi connectivity index (χ2n) is 1.93. The summed E-state index contributed by atoms with van der Waals surface area (Å²) in [4.78, 5) is 16.5. The van der Waals surface area contributed by atoms with Crippen LogP contribution < -0.4 is 0 Å². The quantitative estimate of drug-likeness (QED) is 0.435. The number of hydrogen-bond acceptors (Lipinski definition) is 4. The van der Waals surface area contributed by atoms with E-state index in [2.05, 4.69) is 9.26 Å². The smallest absolute Gasteiger partial charge is 0.382 e. The maximum absolute atomic E-state index is 10.1. The molecule has 0 aromatic carbocycles. The minimum atomic E-state index is -4.33. The molecule has 0 saturated carbocycles. The third-order valence-corrected chi connectivity index (χ3v) is 1.44. The molecule has 0 fully saturated rings. The van der Waals surface area contributed by atoms with Gasteiger partial charge in [-0.2, -0.15) is 0 Å². The lowest BCUT2D eigenvalue weighted by Gasteiger charge is -2.05. The zero-order chi connectivity index (χ0) is 9.45. The molecule has 0 aromatic rings. The van der Waals surface area contributed by atoms with Gasteiger partial charge in [-0.25, -0.2) is 4.57 Å². The molecule has 0 aromatic heterocycles. The lowest BCUT2D eigenvalue weighted by atomic mass is 10.7. The predicted molar refractivity (Wildman–Crippen MR) is 40.7 cm³/mol. The first kappa shape index (κ1) is 12.0. The Hall–Kier alpha value is 0.0300. The van der Waals surface area contributed by atoms with E-state index in [0.717, 1.165) is 0 Å². The summed E-state index contributed by atoms with van der Waals surface area (Å²) >= 11 is 0. The second-order valence-corrected chi connectivity index (χ2v) is 3.17. The molecule has 0 unspecified atom stereocenters. The minimum Gasteiger partial charge on any atom is -0.382 e. The zero-order valence-corrected chi connectivity index (χ0v) is 7.70. The largest absolute Gasteiger partial charge is 0.469 e. The van der Waals surface area contributed by atoms with Crippen molar-refractivity contribution in [2.24, 2.45) is 0 Å². The molecule has 0 rings (SSSR count). The third-order valence-electron chi connectivity index (χ3n) is 0.919. The van der Waals surface area contributed by atoms with Gasteiger partial charge >= 0.3 is 7.82 Å². The normalized spacial score (nSPS) is 11.9. The van der Waals surface area contributed by atoms with Gasteiger partial charge in [0.25, 0.3) is 0 Å². The number of phosphoric acid groups is 1. The van der Waals surface area contributed by atoms with Crippen LogP contribution in [0.1, 0.15) is 0 Å². The van der Waals surface area contributed by atoms with Crippen molar-refractivity contribution >= 4 is 7.82 Å². The fourth-order valence-corrected chi connectivity index (χ4v) is 0.772. The summed E-state index contributed by atoms with van der Waals surface area (Å²) in [6, 6.07) is 0. The van der Waals surface area contributed by atoms with Crippen LogP contribution >= 0.6 is 7.82 Å². The van der Waals surface area contributed by atoms with Gasteiger partial charge in [0.05, 0.1) is 26.4 Å². The average molecular weight is 200 g/mol. The van der Waals surface area contributed by atoms with Gasteiger partial charge in [-0.15, -0.1) is 0 Å². The molecule has 0 aliphatic carbocycles. The summed E-state index contributed by atoms with van der Waals surface area (Å²) in [7, 11) is -2.80. The monoisotopic (exact) mass is 200 g/mol. The van der Waals surface area contributed by atoms with Gasteiger partial charge in [0.2, 0.25) is 0 Å². The van der Waals surface area contributed by atoms with Crippen molar-refractivity contribution in [1.82, 2.24) is 0 Å². The number of ether oxygens (including phenoxy) is 2. The molecule has 0 aliphatic rings. The molecule has 0 spiro atoms. The SMILES string of the molecule is COCCOCCOP(=O)(O)O. The number of phosphoric ester groups is 1. The molecule has 0 atom stereocenters. The number of hydrogen-bond donors (Lipinski definition) is 2. The van der Waals surface area contributed by atoms with Gasteiger partial charge in [0.15, 0.2) is 0 Å². The molecule has 2 N–H and O–H groups in total. The van der Waals surface area contributed by atoms with E-state index in [4.69, 9.17) is 14.5 Å². The van der Waals surface area contributed by atoms with Crippen molar-refractivity contribution in [1.29, 1.82) is 0 Å². The van der Waals surface area contributed by atoms with E-state index in [1.54, 1.807) is 0 Å². The fourth-order valence-electron chi connectivity index (χ4n) is 0.459. The molecular formula is C5H13O6P. The highest BCUT2D eigenvalue weighted by Crippen LogP contribution is 2.35. The summed E-state index contributed by atoms with van der Waals surface area (Å²) in [6.45, 7) is 0.874. The Bertz CT molecular complexity index is 143. The topological polar surface area (TPSA) is 85.2 Å². The number of methoxy groups -OCH3 is 1. The first-order valence-corrected chi connectivity index (χ1v) is 4.86. The molecule has 0 saturated heterocycles. The second kappa shape index (κ2) is 6.54. The van der Waals surface area contributed by atoms with E-state index < -0.39 is 7.82 Å². The maximum Gasteiger partial charge on any atom is 0.469 e. The first-order chi connectivity index (χ1) is 5.56. The lowest BCUT2D eigenvalue weighted by molar-refractivity contribution is 0.0482. The maximum atomic E-state index is 10.1. The van der Waals surface area contributed by atoms with Crippen molar-refractivity contribution in [3.8, 4) is 0 Å². The zero-order valence-electron chi connectivity index (χ0n) is 6.80. The van der Waals surface area contributed by atoms with Crippen LogP contribution in [0.15, 0.2) is 0 Å². The molecule has 6 nitrogen and oxygen atoms in total. The Morgan fingerprint density at radius 3 is 2.25 bits per heavy atom. The van der Waals surface area contributed by atoms with Crippen LogP contribution in [0, 0.1) is 0 Å². The number of rotatable bonds is 7. The van der Waals surface area contributed by atoms with Crippen LogP contribution in [0.3, 0.4) is 0 Å². The predicted octanol–water partition coefficient (Wildman–Crippen LogP) is -0.241. The standard InChI is InChI=1S/C5H13O6P/c1-9-2-3-10-4-5-11-12(6,7)8/h2-5H2,1H3,(H2,6,7,8). The molecule has 0 amide bonds.